The molecule has 0 unspecified atom stereocenters. The molecule has 3 aromatic carbocycles. The largest absolute Gasteiger partial charge is 0.497 e. The first-order valence-electron chi connectivity index (χ1n) is 8.78. The number of amides is 2. The van der Waals surface area contributed by atoms with E-state index in [1.165, 1.54) is 23.9 Å². The average Bonchev–Trinajstić information content (AvgIpc) is 2.74. The molecule has 2 amide bonds. The summed E-state index contributed by atoms with van der Waals surface area (Å²) >= 11 is 1.23. The summed E-state index contributed by atoms with van der Waals surface area (Å²) < 4.78 is 18.9. The normalized spacial score (nSPS) is 10.3. The zero-order valence-corrected chi connectivity index (χ0v) is 16.5. The molecule has 2 N–H and O–H groups in total. The quantitative estimate of drug-likeness (QED) is 0.548. The number of benzene rings is 3. The molecule has 0 aliphatic carbocycles. The molecule has 3 rings (SSSR count). The van der Waals surface area contributed by atoms with Crippen molar-refractivity contribution < 1.29 is 18.7 Å². The number of thioether (sulfide) groups is 1. The van der Waals surface area contributed by atoms with Crippen molar-refractivity contribution in [1.82, 2.24) is 0 Å². The summed E-state index contributed by atoms with van der Waals surface area (Å²) in [5.41, 5.74) is 1.10. The zero-order valence-electron chi connectivity index (χ0n) is 15.6. The van der Waals surface area contributed by atoms with Crippen LogP contribution < -0.4 is 15.4 Å². The van der Waals surface area contributed by atoms with Gasteiger partial charge in [-0.3, -0.25) is 9.59 Å². The number of hydrogen-bond acceptors (Lipinski definition) is 4. The van der Waals surface area contributed by atoms with Crippen LogP contribution in [0.1, 0.15) is 10.4 Å². The molecule has 0 fully saturated rings. The molecule has 7 heteroatoms. The Bertz CT molecular complexity index is 1030. The third kappa shape index (κ3) is 5.58. The summed E-state index contributed by atoms with van der Waals surface area (Å²) in [6.45, 7) is 0. The molecule has 0 heterocycles. The van der Waals surface area contributed by atoms with Gasteiger partial charge in [0.2, 0.25) is 5.91 Å². The van der Waals surface area contributed by atoms with E-state index in [-0.39, 0.29) is 17.3 Å². The third-order valence-corrected chi connectivity index (χ3v) is 5.04. The first kappa shape index (κ1) is 20.4. The molecule has 0 bridgehead atoms. The minimum absolute atomic E-state index is 0.105. The molecule has 0 aliphatic heterocycles. The Morgan fingerprint density at radius 2 is 1.72 bits per heavy atom. The Hall–Kier alpha value is -3.32. The highest BCUT2D eigenvalue weighted by atomic mass is 32.2. The van der Waals surface area contributed by atoms with Gasteiger partial charge in [-0.05, 0) is 36.4 Å². The highest BCUT2D eigenvalue weighted by molar-refractivity contribution is 8.00. The second-order valence-electron chi connectivity index (χ2n) is 6.00. The first-order valence-corrected chi connectivity index (χ1v) is 9.77. The van der Waals surface area contributed by atoms with Crippen molar-refractivity contribution in [3.05, 3.63) is 84.2 Å². The van der Waals surface area contributed by atoms with E-state index in [9.17, 15) is 14.0 Å². The summed E-state index contributed by atoms with van der Waals surface area (Å²) in [6.07, 6.45) is 0. The van der Waals surface area contributed by atoms with Gasteiger partial charge in [-0.15, -0.1) is 11.8 Å². The smallest absolute Gasteiger partial charge is 0.256 e. The van der Waals surface area contributed by atoms with Gasteiger partial charge in [-0.25, -0.2) is 4.39 Å². The number of nitrogens with one attached hydrogen (secondary N) is 2. The molecular weight excluding hydrogens is 391 g/mol. The van der Waals surface area contributed by atoms with Crippen molar-refractivity contribution in [2.45, 2.75) is 4.90 Å². The lowest BCUT2D eigenvalue weighted by Crippen LogP contribution is -2.16. The average molecular weight is 410 g/mol. The van der Waals surface area contributed by atoms with Crippen molar-refractivity contribution >= 4 is 35.0 Å². The second kappa shape index (κ2) is 9.75. The molecule has 0 saturated heterocycles. The van der Waals surface area contributed by atoms with Crippen molar-refractivity contribution in [3.8, 4) is 5.75 Å². The SMILES string of the molecule is COc1cccc(NC(=O)CSc2ccccc2C(=O)Nc2ccccc2F)c1. The van der Waals surface area contributed by atoms with Crippen LogP contribution in [0.4, 0.5) is 15.8 Å². The predicted molar refractivity (Wildman–Crippen MR) is 113 cm³/mol. The minimum atomic E-state index is -0.511. The number of carbonyl (C=O) groups excluding carboxylic acids is 2. The van der Waals surface area contributed by atoms with Gasteiger partial charge < -0.3 is 15.4 Å². The number of rotatable bonds is 7. The summed E-state index contributed by atoms with van der Waals surface area (Å²) in [5, 5.41) is 5.36. The van der Waals surface area contributed by atoms with E-state index in [1.54, 1.807) is 67.8 Å². The number of ether oxygens (including phenoxy) is 1. The van der Waals surface area contributed by atoms with Gasteiger partial charge in [0.15, 0.2) is 0 Å². The molecule has 148 valence electrons. The van der Waals surface area contributed by atoms with Crippen molar-refractivity contribution in [3.63, 3.8) is 0 Å². The molecule has 0 spiro atoms. The molecule has 0 aromatic heterocycles. The first-order chi connectivity index (χ1) is 14.1. The highest BCUT2D eigenvalue weighted by Crippen LogP contribution is 2.25. The third-order valence-electron chi connectivity index (χ3n) is 3.97. The number of para-hydroxylation sites is 1. The van der Waals surface area contributed by atoms with Gasteiger partial charge in [0.05, 0.1) is 24.1 Å². The van der Waals surface area contributed by atoms with Crippen LogP contribution in [0, 0.1) is 5.82 Å². The van der Waals surface area contributed by atoms with Crippen LogP contribution >= 0.6 is 11.8 Å². The Morgan fingerprint density at radius 1 is 0.966 bits per heavy atom. The van der Waals surface area contributed by atoms with Gasteiger partial charge in [-0.2, -0.15) is 0 Å². The van der Waals surface area contributed by atoms with E-state index in [0.717, 1.165) is 0 Å². The van der Waals surface area contributed by atoms with Crippen LogP contribution in [0.5, 0.6) is 5.75 Å². The molecule has 3 aromatic rings. The lowest BCUT2D eigenvalue weighted by atomic mass is 10.2. The summed E-state index contributed by atoms with van der Waals surface area (Å²) in [6, 6.07) is 19.9. The summed E-state index contributed by atoms with van der Waals surface area (Å²) in [7, 11) is 1.56. The fraction of sp³-hybridized carbons (Fsp3) is 0.0909. The monoisotopic (exact) mass is 410 g/mol. The van der Waals surface area contributed by atoms with Crippen LogP contribution in [0.3, 0.4) is 0 Å². The Labute approximate surface area is 172 Å². The molecule has 0 aliphatic rings. The van der Waals surface area contributed by atoms with E-state index in [4.69, 9.17) is 4.74 Å². The fourth-order valence-electron chi connectivity index (χ4n) is 2.57. The van der Waals surface area contributed by atoms with E-state index in [0.29, 0.717) is 21.9 Å². The molecule has 0 atom stereocenters. The number of anilines is 2. The second-order valence-corrected chi connectivity index (χ2v) is 7.02. The van der Waals surface area contributed by atoms with Crippen LogP contribution in [-0.4, -0.2) is 24.7 Å². The van der Waals surface area contributed by atoms with Crippen LogP contribution in [0.25, 0.3) is 0 Å². The Balaban J connectivity index is 1.65. The highest BCUT2D eigenvalue weighted by Gasteiger charge is 2.14. The molecule has 5 nitrogen and oxygen atoms in total. The van der Waals surface area contributed by atoms with Crippen LogP contribution in [0.15, 0.2) is 77.7 Å². The minimum Gasteiger partial charge on any atom is -0.497 e. The number of carbonyl (C=O) groups is 2. The number of halogens is 1. The van der Waals surface area contributed by atoms with E-state index in [2.05, 4.69) is 10.6 Å². The standard InChI is InChI=1S/C22H19FN2O3S/c1-28-16-8-6-7-15(13-16)24-21(26)14-29-20-12-5-2-9-17(20)22(27)25-19-11-4-3-10-18(19)23/h2-13H,14H2,1H3,(H,24,26)(H,25,27). The van der Waals surface area contributed by atoms with Crippen molar-refractivity contribution in [2.75, 3.05) is 23.5 Å². The maximum absolute atomic E-state index is 13.8. The van der Waals surface area contributed by atoms with Crippen LogP contribution in [-0.2, 0) is 4.79 Å². The molecule has 0 saturated carbocycles. The predicted octanol–water partition coefficient (Wildman–Crippen LogP) is 4.82. The zero-order chi connectivity index (χ0) is 20.6. The van der Waals surface area contributed by atoms with Crippen LogP contribution in [0.2, 0.25) is 0 Å². The molecule has 29 heavy (non-hydrogen) atoms. The van der Waals surface area contributed by atoms with E-state index < -0.39 is 11.7 Å². The van der Waals surface area contributed by atoms with Gasteiger partial charge >= 0.3 is 0 Å². The lowest BCUT2D eigenvalue weighted by molar-refractivity contribution is -0.113. The summed E-state index contributed by atoms with van der Waals surface area (Å²) in [5.74, 6) is -0.408. The van der Waals surface area contributed by atoms with E-state index >= 15 is 0 Å². The lowest BCUT2D eigenvalue weighted by Gasteiger charge is -2.11. The van der Waals surface area contributed by atoms with Gasteiger partial charge in [-0.1, -0.05) is 30.3 Å². The molecular formula is C22H19FN2O3S. The Kier molecular flexibility index (Phi) is 6.86. The van der Waals surface area contributed by atoms with Gasteiger partial charge in [0.25, 0.3) is 5.91 Å². The van der Waals surface area contributed by atoms with Crippen molar-refractivity contribution in [2.24, 2.45) is 0 Å². The van der Waals surface area contributed by atoms with Gasteiger partial charge in [0, 0.05) is 16.6 Å². The number of hydrogen-bond donors (Lipinski definition) is 2. The van der Waals surface area contributed by atoms with E-state index in [1.807, 2.05) is 0 Å². The maximum Gasteiger partial charge on any atom is 0.256 e. The number of methoxy groups -OCH3 is 1. The molecule has 0 radical (unpaired) electrons. The fourth-order valence-corrected chi connectivity index (χ4v) is 3.42. The summed E-state index contributed by atoms with van der Waals surface area (Å²) in [4.78, 5) is 25.5. The topological polar surface area (TPSA) is 67.4 Å². The Morgan fingerprint density at radius 3 is 2.52 bits per heavy atom. The maximum atomic E-state index is 13.8. The van der Waals surface area contributed by atoms with Gasteiger partial charge in [0.1, 0.15) is 11.6 Å². The van der Waals surface area contributed by atoms with Crippen molar-refractivity contribution in [1.29, 1.82) is 0 Å².